The Hall–Kier alpha value is -2.70. The van der Waals surface area contributed by atoms with E-state index in [1.807, 2.05) is 4.90 Å². The van der Waals surface area contributed by atoms with Crippen LogP contribution in [0.25, 0.3) is 5.69 Å². The maximum atomic E-state index is 13.1. The molecule has 0 radical (unpaired) electrons. The normalized spacial score (nSPS) is 20.5. The molecule has 1 unspecified atom stereocenters. The molecule has 2 fully saturated rings. The zero-order chi connectivity index (χ0) is 19.7. The van der Waals surface area contributed by atoms with Gasteiger partial charge >= 0.3 is 0 Å². The Morgan fingerprint density at radius 1 is 1.04 bits per heavy atom. The van der Waals surface area contributed by atoms with Crippen molar-refractivity contribution in [3.8, 4) is 5.69 Å². The van der Waals surface area contributed by atoms with Crippen molar-refractivity contribution in [2.24, 2.45) is 11.8 Å². The van der Waals surface area contributed by atoms with E-state index in [2.05, 4.69) is 5.10 Å². The number of piperidine rings is 1. The Morgan fingerprint density at radius 3 is 2.43 bits per heavy atom. The van der Waals surface area contributed by atoms with E-state index in [0.29, 0.717) is 17.8 Å². The van der Waals surface area contributed by atoms with Crippen molar-refractivity contribution < 1.29 is 14.0 Å². The number of likely N-dealkylation sites (tertiary alicyclic amines) is 1. The second-order valence-corrected chi connectivity index (χ2v) is 7.80. The van der Waals surface area contributed by atoms with Crippen molar-refractivity contribution in [3.05, 3.63) is 41.8 Å². The van der Waals surface area contributed by atoms with Crippen molar-refractivity contribution in [1.82, 2.24) is 14.7 Å². The number of hydrogen-bond acceptors (Lipinski definition) is 4. The number of amides is 1. The van der Waals surface area contributed by atoms with Gasteiger partial charge < -0.3 is 10.6 Å². The lowest BCUT2D eigenvalue weighted by Gasteiger charge is -2.33. The predicted molar refractivity (Wildman–Crippen MR) is 104 cm³/mol. The average molecular weight is 384 g/mol. The minimum absolute atomic E-state index is 0.0743. The van der Waals surface area contributed by atoms with Crippen LogP contribution in [0.4, 0.5) is 10.2 Å². The first-order chi connectivity index (χ1) is 13.5. The van der Waals surface area contributed by atoms with Gasteiger partial charge in [-0.15, -0.1) is 0 Å². The summed E-state index contributed by atoms with van der Waals surface area (Å²) in [5, 5.41) is 4.22. The second-order valence-electron chi connectivity index (χ2n) is 7.80. The molecule has 148 valence electrons. The van der Waals surface area contributed by atoms with E-state index in [0.717, 1.165) is 45.1 Å². The number of nitrogens with two attached hydrogens (primary N) is 1. The molecule has 2 heterocycles. The van der Waals surface area contributed by atoms with Gasteiger partial charge in [0.1, 0.15) is 11.6 Å². The van der Waals surface area contributed by atoms with Gasteiger partial charge in [0.15, 0.2) is 5.78 Å². The fraction of sp³-hybridized carbons (Fsp3) is 0.476. The number of hydrogen-bond donors (Lipinski definition) is 1. The summed E-state index contributed by atoms with van der Waals surface area (Å²) in [4.78, 5) is 27.7. The quantitative estimate of drug-likeness (QED) is 0.821. The lowest BCUT2D eigenvalue weighted by molar-refractivity contribution is -0.136. The highest BCUT2D eigenvalue weighted by Gasteiger charge is 2.34. The molecule has 28 heavy (non-hydrogen) atoms. The van der Waals surface area contributed by atoms with E-state index in [1.54, 1.807) is 12.1 Å². The van der Waals surface area contributed by atoms with Gasteiger partial charge in [-0.05, 0) is 49.9 Å². The summed E-state index contributed by atoms with van der Waals surface area (Å²) in [6.45, 7) is 1.18. The summed E-state index contributed by atoms with van der Waals surface area (Å²) in [6.07, 6.45) is 7.20. The third-order valence-electron chi connectivity index (χ3n) is 5.95. The van der Waals surface area contributed by atoms with Crippen molar-refractivity contribution in [3.63, 3.8) is 0 Å². The van der Waals surface area contributed by atoms with Crippen LogP contribution in [0, 0.1) is 17.7 Å². The van der Waals surface area contributed by atoms with Crippen LogP contribution in [-0.4, -0.2) is 39.5 Å². The topological polar surface area (TPSA) is 81.2 Å². The number of carbonyl (C=O) groups is 2. The zero-order valence-electron chi connectivity index (χ0n) is 15.8. The molecule has 0 spiro atoms. The van der Waals surface area contributed by atoms with Gasteiger partial charge in [0.05, 0.1) is 17.4 Å². The van der Waals surface area contributed by atoms with Gasteiger partial charge in [-0.2, -0.15) is 5.10 Å². The monoisotopic (exact) mass is 384 g/mol. The van der Waals surface area contributed by atoms with Gasteiger partial charge in [0.25, 0.3) is 0 Å². The van der Waals surface area contributed by atoms with E-state index in [9.17, 15) is 14.0 Å². The fourth-order valence-electron chi connectivity index (χ4n) is 4.38. The SMILES string of the molecule is Nc1c(C(=O)C2CCCN(C(=O)C3CCCC3)C2)cnn1-c1ccc(F)cc1. The number of Topliss-reactive ketones (excluding diaryl/α,β-unsaturated/α-hetero) is 1. The van der Waals surface area contributed by atoms with E-state index in [-0.39, 0.29) is 35.2 Å². The summed E-state index contributed by atoms with van der Waals surface area (Å²) in [6, 6.07) is 5.78. The molecular weight excluding hydrogens is 359 g/mol. The molecule has 1 aromatic carbocycles. The number of anilines is 1. The molecule has 7 heteroatoms. The summed E-state index contributed by atoms with van der Waals surface area (Å²) >= 11 is 0. The number of aromatic nitrogens is 2. The molecule has 1 aromatic heterocycles. The van der Waals surface area contributed by atoms with Crippen LogP contribution in [-0.2, 0) is 4.79 Å². The molecule has 2 aliphatic rings. The van der Waals surface area contributed by atoms with E-state index < -0.39 is 0 Å². The first-order valence-electron chi connectivity index (χ1n) is 9.97. The van der Waals surface area contributed by atoms with Crippen molar-refractivity contribution >= 4 is 17.5 Å². The molecule has 2 N–H and O–H groups in total. The van der Waals surface area contributed by atoms with Gasteiger partial charge in [-0.1, -0.05) is 12.8 Å². The first kappa shape index (κ1) is 18.7. The lowest BCUT2D eigenvalue weighted by atomic mass is 9.90. The van der Waals surface area contributed by atoms with Crippen LogP contribution in [0.3, 0.4) is 0 Å². The van der Waals surface area contributed by atoms with Gasteiger partial charge in [0.2, 0.25) is 5.91 Å². The number of benzene rings is 1. The molecule has 2 aromatic rings. The van der Waals surface area contributed by atoms with Crippen LogP contribution >= 0.6 is 0 Å². The van der Waals surface area contributed by atoms with Crippen LogP contribution < -0.4 is 5.73 Å². The highest BCUT2D eigenvalue weighted by molar-refractivity contribution is 6.02. The highest BCUT2D eigenvalue weighted by atomic mass is 19.1. The number of nitrogens with zero attached hydrogens (tertiary/aromatic N) is 3. The Balaban J connectivity index is 1.49. The van der Waals surface area contributed by atoms with E-state index >= 15 is 0 Å². The summed E-state index contributed by atoms with van der Waals surface area (Å²) in [5.74, 6) is -0.108. The Kier molecular flexibility index (Phi) is 5.15. The molecule has 0 bridgehead atoms. The van der Waals surface area contributed by atoms with Crippen molar-refractivity contribution in [1.29, 1.82) is 0 Å². The largest absolute Gasteiger partial charge is 0.383 e. The number of nitrogen functional groups attached to an aromatic ring is 1. The molecule has 1 saturated carbocycles. The zero-order valence-corrected chi connectivity index (χ0v) is 15.8. The maximum absolute atomic E-state index is 13.1. The minimum atomic E-state index is -0.347. The smallest absolute Gasteiger partial charge is 0.225 e. The lowest BCUT2D eigenvalue weighted by Crippen LogP contribution is -2.44. The summed E-state index contributed by atoms with van der Waals surface area (Å²) in [7, 11) is 0. The Morgan fingerprint density at radius 2 is 1.71 bits per heavy atom. The molecular formula is C21H25FN4O2. The molecule has 1 amide bonds. The Bertz CT molecular complexity index is 871. The molecule has 1 aliphatic carbocycles. The first-order valence-corrected chi connectivity index (χ1v) is 9.97. The average Bonchev–Trinajstić information content (AvgIpc) is 3.38. The van der Waals surface area contributed by atoms with Crippen molar-refractivity contribution in [2.45, 2.75) is 38.5 Å². The number of halogens is 1. The maximum Gasteiger partial charge on any atom is 0.225 e. The van der Waals surface area contributed by atoms with Crippen LogP contribution in [0.1, 0.15) is 48.9 Å². The Labute approximate surface area is 163 Å². The summed E-state index contributed by atoms with van der Waals surface area (Å²) < 4.78 is 14.6. The standard InChI is InChI=1S/C21H25FN4O2/c22-16-7-9-17(10-8-16)26-20(23)18(12-24-26)19(27)15-6-3-11-25(13-15)21(28)14-4-1-2-5-14/h7-10,12,14-15H,1-6,11,13,23H2. The van der Waals surface area contributed by atoms with Gasteiger partial charge in [-0.3, -0.25) is 9.59 Å². The van der Waals surface area contributed by atoms with Gasteiger partial charge in [-0.25, -0.2) is 9.07 Å². The van der Waals surface area contributed by atoms with Crippen molar-refractivity contribution in [2.75, 3.05) is 18.8 Å². The number of rotatable bonds is 4. The third kappa shape index (κ3) is 3.53. The summed E-state index contributed by atoms with van der Waals surface area (Å²) in [5.41, 5.74) is 7.14. The molecule has 1 atom stereocenters. The molecule has 4 rings (SSSR count). The molecule has 1 saturated heterocycles. The van der Waals surface area contributed by atoms with E-state index in [4.69, 9.17) is 5.73 Å². The molecule has 6 nitrogen and oxygen atoms in total. The minimum Gasteiger partial charge on any atom is -0.383 e. The second kappa shape index (κ2) is 7.73. The number of carbonyl (C=O) groups excluding carboxylic acids is 2. The predicted octanol–water partition coefficient (Wildman–Crippen LogP) is 3.21. The highest BCUT2D eigenvalue weighted by Crippen LogP contribution is 2.30. The fourth-order valence-corrected chi connectivity index (χ4v) is 4.38. The number of ketones is 1. The van der Waals surface area contributed by atoms with Crippen LogP contribution in [0.5, 0.6) is 0 Å². The van der Waals surface area contributed by atoms with Gasteiger partial charge in [0, 0.05) is 24.9 Å². The third-order valence-corrected chi connectivity index (χ3v) is 5.95. The van der Waals surface area contributed by atoms with Crippen LogP contribution in [0.15, 0.2) is 30.5 Å². The van der Waals surface area contributed by atoms with E-state index in [1.165, 1.54) is 23.0 Å². The molecule has 1 aliphatic heterocycles. The van der Waals surface area contributed by atoms with Crippen LogP contribution in [0.2, 0.25) is 0 Å².